The summed E-state index contributed by atoms with van der Waals surface area (Å²) in [4.78, 5) is 23.4. The number of hydrogen-bond acceptors (Lipinski definition) is 5. The van der Waals surface area contributed by atoms with Gasteiger partial charge in [0.1, 0.15) is 11.3 Å². The summed E-state index contributed by atoms with van der Waals surface area (Å²) < 4.78 is 10.0. The minimum absolute atomic E-state index is 0.122. The van der Waals surface area contributed by atoms with Gasteiger partial charge in [0.2, 0.25) is 0 Å². The van der Waals surface area contributed by atoms with Crippen molar-refractivity contribution in [3.8, 4) is 11.3 Å². The lowest BCUT2D eigenvalue weighted by atomic mass is 10.1. The lowest BCUT2D eigenvalue weighted by molar-refractivity contribution is 0.0525. The van der Waals surface area contributed by atoms with E-state index < -0.39 is 11.6 Å². The normalized spacial score (nSPS) is 10.2. The molecule has 0 amide bonds. The summed E-state index contributed by atoms with van der Waals surface area (Å²) in [6.45, 7) is 1.93. The van der Waals surface area contributed by atoms with E-state index in [1.165, 1.54) is 6.07 Å². The van der Waals surface area contributed by atoms with Gasteiger partial charge in [-0.2, -0.15) is 0 Å². The van der Waals surface area contributed by atoms with Crippen LogP contribution in [0.1, 0.15) is 17.3 Å². The molecule has 0 atom stereocenters. The minimum Gasteiger partial charge on any atom is -0.462 e. The maximum absolute atomic E-state index is 11.9. The molecule has 2 N–H and O–H groups in total. The first-order valence-electron chi connectivity index (χ1n) is 5.79. The van der Waals surface area contributed by atoms with Gasteiger partial charge in [-0.3, -0.25) is 0 Å². The highest BCUT2D eigenvalue weighted by Gasteiger charge is 2.18. The van der Waals surface area contributed by atoms with Crippen LogP contribution in [0.5, 0.6) is 0 Å². The van der Waals surface area contributed by atoms with E-state index in [1.54, 1.807) is 31.2 Å². The number of benzene rings is 1. The van der Waals surface area contributed by atoms with Crippen molar-refractivity contribution in [1.29, 1.82) is 0 Å². The predicted octanol–water partition coefficient (Wildman–Crippen LogP) is 2.07. The second kappa shape index (κ2) is 5.39. The van der Waals surface area contributed by atoms with E-state index in [9.17, 15) is 9.59 Å². The number of ether oxygens (including phenoxy) is 1. The van der Waals surface area contributed by atoms with Crippen LogP contribution in [0.4, 0.5) is 5.69 Å². The molecular formula is C14H13NO4. The highest BCUT2D eigenvalue weighted by Crippen LogP contribution is 2.24. The first kappa shape index (κ1) is 12.9. The van der Waals surface area contributed by atoms with E-state index in [4.69, 9.17) is 14.9 Å². The fourth-order valence-electron chi connectivity index (χ4n) is 1.65. The molecule has 0 saturated heterocycles. The Kier molecular flexibility index (Phi) is 3.66. The third-order valence-corrected chi connectivity index (χ3v) is 2.51. The van der Waals surface area contributed by atoms with E-state index in [1.807, 2.05) is 6.07 Å². The molecule has 0 spiro atoms. The summed E-state index contributed by atoms with van der Waals surface area (Å²) in [5.74, 6) is -0.407. The van der Waals surface area contributed by atoms with Crippen LogP contribution in [-0.4, -0.2) is 12.6 Å². The van der Waals surface area contributed by atoms with Crippen LogP contribution in [-0.2, 0) is 4.74 Å². The first-order chi connectivity index (χ1) is 9.13. The molecule has 1 aromatic carbocycles. The summed E-state index contributed by atoms with van der Waals surface area (Å²) in [6.07, 6.45) is 0. The Morgan fingerprint density at radius 3 is 2.63 bits per heavy atom. The number of anilines is 1. The first-order valence-corrected chi connectivity index (χ1v) is 5.79. The van der Waals surface area contributed by atoms with Crippen LogP contribution >= 0.6 is 0 Å². The number of rotatable bonds is 3. The van der Waals surface area contributed by atoms with Crippen molar-refractivity contribution >= 4 is 11.7 Å². The number of nitrogen functional groups attached to an aromatic ring is 1. The van der Waals surface area contributed by atoms with Crippen LogP contribution in [0.2, 0.25) is 0 Å². The van der Waals surface area contributed by atoms with Gasteiger partial charge < -0.3 is 14.9 Å². The highest BCUT2D eigenvalue weighted by atomic mass is 16.5. The Hall–Kier alpha value is -2.56. The SMILES string of the molecule is CCOC(=O)c1cc(N)c(=O)oc1-c1ccccc1. The van der Waals surface area contributed by atoms with Crippen molar-refractivity contribution in [2.75, 3.05) is 12.3 Å². The molecule has 5 heteroatoms. The van der Waals surface area contributed by atoms with Gasteiger partial charge >= 0.3 is 11.6 Å². The Morgan fingerprint density at radius 1 is 1.32 bits per heavy atom. The van der Waals surface area contributed by atoms with E-state index in [0.717, 1.165) is 0 Å². The molecule has 98 valence electrons. The van der Waals surface area contributed by atoms with Crippen LogP contribution in [0.3, 0.4) is 0 Å². The summed E-state index contributed by atoms with van der Waals surface area (Å²) in [7, 11) is 0. The zero-order chi connectivity index (χ0) is 13.8. The quantitative estimate of drug-likeness (QED) is 0.853. The predicted molar refractivity (Wildman–Crippen MR) is 70.8 cm³/mol. The van der Waals surface area contributed by atoms with Gasteiger partial charge in [-0.05, 0) is 13.0 Å². The lowest BCUT2D eigenvalue weighted by Crippen LogP contribution is -2.13. The van der Waals surface area contributed by atoms with Gasteiger partial charge in [0, 0.05) is 5.56 Å². The zero-order valence-corrected chi connectivity index (χ0v) is 10.4. The summed E-state index contributed by atoms with van der Waals surface area (Å²) in [6, 6.07) is 10.1. The maximum atomic E-state index is 11.9. The van der Waals surface area contributed by atoms with Crippen molar-refractivity contribution in [2.45, 2.75) is 6.92 Å². The third-order valence-electron chi connectivity index (χ3n) is 2.51. The van der Waals surface area contributed by atoms with Crippen molar-refractivity contribution < 1.29 is 13.9 Å². The number of hydrogen-bond donors (Lipinski definition) is 1. The molecule has 0 fully saturated rings. The number of nitrogens with two attached hydrogens (primary N) is 1. The zero-order valence-electron chi connectivity index (χ0n) is 10.4. The molecule has 1 aromatic heterocycles. The molecule has 0 radical (unpaired) electrons. The molecule has 0 unspecified atom stereocenters. The molecule has 5 nitrogen and oxygen atoms in total. The second-order valence-corrected chi connectivity index (χ2v) is 3.82. The summed E-state index contributed by atoms with van der Waals surface area (Å²) in [5.41, 5.74) is 5.45. The fraction of sp³-hybridized carbons (Fsp3) is 0.143. The molecular weight excluding hydrogens is 246 g/mol. The molecule has 19 heavy (non-hydrogen) atoms. The van der Waals surface area contributed by atoms with Gasteiger partial charge in [0.25, 0.3) is 0 Å². The summed E-state index contributed by atoms with van der Waals surface area (Å²) >= 11 is 0. The van der Waals surface area contributed by atoms with Gasteiger partial charge in [0.05, 0.1) is 6.61 Å². The van der Waals surface area contributed by atoms with Crippen molar-refractivity contribution in [3.05, 3.63) is 52.4 Å². The smallest absolute Gasteiger partial charge is 0.359 e. The molecule has 0 aliphatic heterocycles. The number of esters is 1. The molecule has 0 saturated carbocycles. The van der Waals surface area contributed by atoms with Gasteiger partial charge in [-0.1, -0.05) is 30.3 Å². The van der Waals surface area contributed by atoms with E-state index in [2.05, 4.69) is 0 Å². The number of carbonyl (C=O) groups excluding carboxylic acids is 1. The molecule has 0 bridgehead atoms. The Bertz CT molecular complexity index is 646. The van der Waals surface area contributed by atoms with Gasteiger partial charge in [0.15, 0.2) is 5.76 Å². The van der Waals surface area contributed by atoms with Crippen LogP contribution in [0.15, 0.2) is 45.6 Å². The molecule has 0 aliphatic carbocycles. The monoisotopic (exact) mass is 259 g/mol. The maximum Gasteiger partial charge on any atom is 0.359 e. The largest absolute Gasteiger partial charge is 0.462 e. The standard InChI is InChI=1S/C14H13NO4/c1-2-18-13(16)10-8-11(15)14(17)19-12(10)9-6-4-3-5-7-9/h3-8H,2,15H2,1H3. The average molecular weight is 259 g/mol. The van der Waals surface area contributed by atoms with E-state index in [0.29, 0.717) is 5.56 Å². The van der Waals surface area contributed by atoms with Crippen molar-refractivity contribution in [1.82, 2.24) is 0 Å². The topological polar surface area (TPSA) is 82.5 Å². The van der Waals surface area contributed by atoms with Crippen LogP contribution < -0.4 is 11.4 Å². The lowest BCUT2D eigenvalue weighted by Gasteiger charge is -2.08. The molecule has 0 aliphatic rings. The fourth-order valence-corrected chi connectivity index (χ4v) is 1.65. The van der Waals surface area contributed by atoms with E-state index >= 15 is 0 Å². The Labute approximate surface area is 109 Å². The average Bonchev–Trinajstić information content (AvgIpc) is 2.42. The van der Waals surface area contributed by atoms with Crippen LogP contribution in [0.25, 0.3) is 11.3 Å². The minimum atomic E-state index is -0.674. The summed E-state index contributed by atoms with van der Waals surface area (Å²) in [5, 5.41) is 0. The van der Waals surface area contributed by atoms with Gasteiger partial charge in [-0.15, -0.1) is 0 Å². The van der Waals surface area contributed by atoms with Crippen molar-refractivity contribution in [2.24, 2.45) is 0 Å². The van der Waals surface area contributed by atoms with E-state index in [-0.39, 0.29) is 23.6 Å². The second-order valence-electron chi connectivity index (χ2n) is 3.82. The van der Waals surface area contributed by atoms with Crippen molar-refractivity contribution in [3.63, 3.8) is 0 Å². The van der Waals surface area contributed by atoms with Crippen LogP contribution in [0, 0.1) is 0 Å². The van der Waals surface area contributed by atoms with Gasteiger partial charge in [-0.25, -0.2) is 9.59 Å². The third kappa shape index (κ3) is 2.65. The molecule has 2 aromatic rings. The number of carbonyl (C=O) groups is 1. The molecule has 1 heterocycles. The Morgan fingerprint density at radius 2 is 2.00 bits per heavy atom. The molecule has 2 rings (SSSR count). The Balaban J connectivity index is 2.62. The highest BCUT2D eigenvalue weighted by molar-refractivity contribution is 5.96.